The van der Waals surface area contributed by atoms with Gasteiger partial charge in [-0.25, -0.2) is 0 Å². The van der Waals surface area contributed by atoms with Crippen LogP contribution in [0.25, 0.3) is 33.4 Å². The molecular weight excluding hydrogens is 719 g/mol. The predicted octanol–water partition coefficient (Wildman–Crippen LogP) is 12.0. The molecule has 59 heavy (non-hydrogen) atoms. The molecule has 7 aromatic rings. The molecule has 7 aromatic carbocycles. The van der Waals surface area contributed by atoms with Crippen molar-refractivity contribution >= 4 is 22.3 Å². The molecule has 0 saturated carbocycles. The first-order chi connectivity index (χ1) is 29.1. The van der Waals surface area contributed by atoms with E-state index in [9.17, 15) is 0 Å². The van der Waals surface area contributed by atoms with E-state index in [1.807, 2.05) is 6.07 Å². The summed E-state index contributed by atoms with van der Waals surface area (Å²) in [5, 5.41) is 7.28. The lowest BCUT2D eigenvalue weighted by Crippen LogP contribution is -2.46. The summed E-state index contributed by atoms with van der Waals surface area (Å²) in [6.45, 7) is 0. The smallest absolute Gasteiger partial charge is 0.132 e. The third kappa shape index (κ3) is 5.91. The minimum Gasteiger partial charge on any atom is -0.457 e. The van der Waals surface area contributed by atoms with Crippen LogP contribution in [0, 0.1) is 0 Å². The Hall–Kier alpha value is -6.98. The molecule has 2 atom stereocenters. The zero-order valence-corrected chi connectivity index (χ0v) is 32.6. The molecule has 0 aromatic heterocycles. The zero-order chi connectivity index (χ0) is 39.3. The molecule has 11 rings (SSSR count). The highest BCUT2D eigenvalue weighted by Crippen LogP contribution is 2.62. The lowest BCUT2D eigenvalue weighted by molar-refractivity contribution is 0.436. The summed E-state index contributed by atoms with van der Waals surface area (Å²) < 4.78 is 6.57. The normalized spacial score (nSPS) is 17.4. The number of fused-ring (bicyclic) bond motifs is 9. The van der Waals surface area contributed by atoms with Crippen molar-refractivity contribution in [1.29, 1.82) is 0 Å². The van der Waals surface area contributed by atoms with E-state index in [2.05, 4.69) is 205 Å². The lowest BCUT2D eigenvalue weighted by atomic mass is 9.66. The molecule has 2 aliphatic carbocycles. The maximum atomic E-state index is 6.90. The van der Waals surface area contributed by atoms with Gasteiger partial charge in [0.25, 0.3) is 0 Å². The van der Waals surface area contributed by atoms with E-state index in [4.69, 9.17) is 10.5 Å². The summed E-state index contributed by atoms with van der Waals surface area (Å²) in [6.07, 6.45) is 10.6. The van der Waals surface area contributed by atoms with Crippen molar-refractivity contribution in [2.24, 2.45) is 5.73 Å². The fourth-order valence-electron chi connectivity index (χ4n) is 9.72. The molecule has 0 amide bonds. The van der Waals surface area contributed by atoms with Gasteiger partial charge in [-0.15, -0.1) is 0 Å². The molecule has 4 N–H and O–H groups in total. The third-order valence-electron chi connectivity index (χ3n) is 12.5. The number of nitrogens with one attached hydrogen (secondary N) is 2. The number of hydrogen-bond acceptors (Lipinski definition) is 4. The van der Waals surface area contributed by atoms with E-state index in [-0.39, 0.29) is 12.3 Å². The average Bonchev–Trinajstić information content (AvgIpc) is 3.59. The number of benzene rings is 7. The van der Waals surface area contributed by atoms with Crippen LogP contribution in [0.1, 0.15) is 69.1 Å². The maximum Gasteiger partial charge on any atom is 0.132 e. The summed E-state index contributed by atoms with van der Waals surface area (Å²) in [4.78, 5) is 0. The molecule has 2 heterocycles. The molecule has 1 spiro atoms. The van der Waals surface area contributed by atoms with E-state index in [0.29, 0.717) is 0 Å². The Morgan fingerprint density at radius 1 is 0.559 bits per heavy atom. The topological polar surface area (TPSA) is 59.3 Å². The van der Waals surface area contributed by atoms with Crippen molar-refractivity contribution in [3.05, 3.63) is 250 Å². The van der Waals surface area contributed by atoms with E-state index < -0.39 is 5.41 Å². The molecule has 4 nitrogen and oxygen atoms in total. The second-order valence-corrected chi connectivity index (χ2v) is 15.8. The van der Waals surface area contributed by atoms with Crippen molar-refractivity contribution in [1.82, 2.24) is 10.6 Å². The fraction of sp³-hybridized carbons (Fsp3) is 0.0909. The first kappa shape index (κ1) is 35.2. The van der Waals surface area contributed by atoms with Gasteiger partial charge in [-0.2, -0.15) is 0 Å². The molecule has 4 heteroatoms. The number of para-hydroxylation sites is 2. The molecular formula is C55H43N3O. The Bertz CT molecular complexity index is 2820. The minimum atomic E-state index is -0.483. The third-order valence-corrected chi connectivity index (χ3v) is 12.5. The number of allylic oxidation sites excluding steroid dienone is 6. The predicted molar refractivity (Wildman–Crippen MR) is 241 cm³/mol. The van der Waals surface area contributed by atoms with E-state index >= 15 is 0 Å². The van der Waals surface area contributed by atoms with Gasteiger partial charge in [-0.3, -0.25) is 5.32 Å². The molecule has 0 radical (unpaired) electrons. The number of dihydropyridines is 1. The standard InChI is InChI=1S/C55H43N3O/c56-53(58-54-46(38-16-5-2-6-17-38)33-43(35-57-54)36-14-3-1-4-15-36)39-28-26-37(27-29-39)40-18-13-19-41(32-40)42-30-31-45-44-20-7-8-21-47(44)55(50(45)34-42)48-22-9-11-24-51(48)59-52-25-12-10-23-49(52)55/h1-12,14-17,19-35,53-54,57-58H,13,18,56H2. The van der Waals surface area contributed by atoms with E-state index in [1.54, 1.807) is 0 Å². The summed E-state index contributed by atoms with van der Waals surface area (Å²) in [6, 6.07) is 62.9. The van der Waals surface area contributed by atoms with Crippen LogP contribution in [0.5, 0.6) is 11.5 Å². The molecule has 0 fully saturated rings. The largest absolute Gasteiger partial charge is 0.457 e. The maximum absolute atomic E-state index is 6.90. The van der Waals surface area contributed by atoms with Crippen LogP contribution in [0.15, 0.2) is 200 Å². The lowest BCUT2D eigenvalue weighted by Gasteiger charge is -2.39. The zero-order valence-electron chi connectivity index (χ0n) is 32.6. The molecule has 2 unspecified atom stereocenters. The van der Waals surface area contributed by atoms with Crippen LogP contribution in [0.4, 0.5) is 0 Å². The van der Waals surface area contributed by atoms with Gasteiger partial charge in [0.05, 0.1) is 11.6 Å². The highest BCUT2D eigenvalue weighted by Gasteiger charge is 2.51. The summed E-state index contributed by atoms with van der Waals surface area (Å²) in [5.74, 6) is 1.82. The minimum absolute atomic E-state index is 0.157. The van der Waals surface area contributed by atoms with Gasteiger partial charge in [-0.1, -0.05) is 170 Å². The van der Waals surface area contributed by atoms with E-state index in [0.717, 1.165) is 46.6 Å². The average molecular weight is 762 g/mol. The fourth-order valence-corrected chi connectivity index (χ4v) is 9.72. The molecule has 284 valence electrons. The van der Waals surface area contributed by atoms with Gasteiger partial charge in [0, 0.05) is 17.3 Å². The quantitative estimate of drug-likeness (QED) is 0.142. The van der Waals surface area contributed by atoms with Crippen LogP contribution < -0.4 is 21.1 Å². The Labute approximate surface area is 345 Å². The van der Waals surface area contributed by atoms with Crippen LogP contribution in [-0.2, 0) is 5.41 Å². The Balaban J connectivity index is 0.888. The van der Waals surface area contributed by atoms with Crippen LogP contribution in [0.3, 0.4) is 0 Å². The molecule has 0 saturated heterocycles. The van der Waals surface area contributed by atoms with Crippen LogP contribution in [0.2, 0.25) is 0 Å². The summed E-state index contributed by atoms with van der Waals surface area (Å²) in [7, 11) is 0. The van der Waals surface area contributed by atoms with Gasteiger partial charge in [0.15, 0.2) is 0 Å². The Morgan fingerprint density at radius 2 is 1.17 bits per heavy atom. The van der Waals surface area contributed by atoms with Gasteiger partial charge in [-0.05, 0) is 109 Å². The van der Waals surface area contributed by atoms with Crippen molar-refractivity contribution in [3.63, 3.8) is 0 Å². The SMILES string of the molecule is NC(NC1NC=C(c2ccccc2)C=C1c1ccccc1)c1ccc(C2=CC(c3ccc4c(c3)C3(c5ccccc5Oc5ccccc53)c3ccccc3-4)=CCC2)cc1. The van der Waals surface area contributed by atoms with Crippen LogP contribution in [-0.4, -0.2) is 6.17 Å². The van der Waals surface area contributed by atoms with Gasteiger partial charge < -0.3 is 15.8 Å². The van der Waals surface area contributed by atoms with Crippen molar-refractivity contribution in [3.8, 4) is 22.6 Å². The second-order valence-electron chi connectivity index (χ2n) is 15.8. The molecule has 0 bridgehead atoms. The van der Waals surface area contributed by atoms with Gasteiger partial charge >= 0.3 is 0 Å². The van der Waals surface area contributed by atoms with Crippen molar-refractivity contribution in [2.45, 2.75) is 30.6 Å². The Morgan fingerprint density at radius 3 is 1.90 bits per heavy atom. The molecule has 4 aliphatic rings. The number of ether oxygens (including phenoxy) is 1. The van der Waals surface area contributed by atoms with Crippen molar-refractivity contribution < 1.29 is 4.74 Å². The highest BCUT2D eigenvalue weighted by molar-refractivity contribution is 5.92. The second kappa shape index (κ2) is 14.4. The highest BCUT2D eigenvalue weighted by atomic mass is 16.5. The van der Waals surface area contributed by atoms with E-state index in [1.165, 1.54) is 61.2 Å². The summed E-state index contributed by atoms with van der Waals surface area (Å²) >= 11 is 0. The first-order valence-electron chi connectivity index (χ1n) is 20.6. The number of rotatable bonds is 7. The molecule has 2 aliphatic heterocycles. The Kier molecular flexibility index (Phi) is 8.62. The monoisotopic (exact) mass is 761 g/mol. The number of nitrogens with two attached hydrogens (primary N) is 1. The first-order valence-corrected chi connectivity index (χ1v) is 20.6. The van der Waals surface area contributed by atoms with Gasteiger partial charge in [0.1, 0.15) is 17.7 Å². The van der Waals surface area contributed by atoms with Crippen LogP contribution >= 0.6 is 0 Å². The van der Waals surface area contributed by atoms with Crippen molar-refractivity contribution in [2.75, 3.05) is 0 Å². The van der Waals surface area contributed by atoms with Gasteiger partial charge in [0.2, 0.25) is 0 Å². The summed E-state index contributed by atoms with van der Waals surface area (Å²) in [5.41, 5.74) is 24.6. The number of hydrogen-bond donors (Lipinski definition) is 3.